The maximum absolute atomic E-state index is 12.8. The van der Waals surface area contributed by atoms with Gasteiger partial charge in [0.1, 0.15) is 6.04 Å². The van der Waals surface area contributed by atoms with Crippen LogP contribution in [0.5, 0.6) is 0 Å². The van der Waals surface area contributed by atoms with Crippen LogP contribution in [0.25, 0.3) is 0 Å². The van der Waals surface area contributed by atoms with E-state index in [2.05, 4.69) is 10.3 Å². The molecule has 2 heterocycles. The Morgan fingerprint density at radius 2 is 1.81 bits per heavy atom. The first-order valence-electron chi connectivity index (χ1n) is 8.74. The largest absolute Gasteiger partial charge is 0.403 e. The van der Waals surface area contributed by atoms with Gasteiger partial charge in [-0.2, -0.15) is 13.2 Å². The van der Waals surface area contributed by atoms with Crippen LogP contribution in [0.1, 0.15) is 13.3 Å². The van der Waals surface area contributed by atoms with Crippen molar-refractivity contribution in [1.82, 2.24) is 19.4 Å². The summed E-state index contributed by atoms with van der Waals surface area (Å²) in [5.74, 6) is 0.857. The fourth-order valence-electron chi connectivity index (χ4n) is 3.36. The summed E-state index contributed by atoms with van der Waals surface area (Å²) < 4.78 is 63.1. The maximum atomic E-state index is 12.8. The molecule has 2 aliphatic heterocycles. The third-order valence-electron chi connectivity index (χ3n) is 5.11. The Labute approximate surface area is 176 Å². The van der Waals surface area contributed by atoms with Crippen molar-refractivity contribution >= 4 is 40.0 Å². The number of piperazine rings is 1. The second kappa shape index (κ2) is 9.92. The molecule has 2 fully saturated rings. The normalized spacial score (nSPS) is 24.6. The number of nitrogens with one attached hydrogen (secondary N) is 1. The molecule has 0 aromatic carbocycles. The maximum Gasteiger partial charge on any atom is 0.403 e. The highest BCUT2D eigenvalue weighted by Gasteiger charge is 2.41. The van der Waals surface area contributed by atoms with Gasteiger partial charge < -0.3 is 10.2 Å². The fraction of sp³-hybridized carbons (Fsp3) is 0.933. The van der Waals surface area contributed by atoms with Gasteiger partial charge in [-0.25, -0.2) is 12.7 Å². The van der Waals surface area contributed by atoms with Crippen LogP contribution in [0.2, 0.25) is 0 Å². The van der Waals surface area contributed by atoms with Crippen molar-refractivity contribution in [3.05, 3.63) is 0 Å². The quantitative estimate of drug-likeness (QED) is 0.336. The van der Waals surface area contributed by atoms with Crippen molar-refractivity contribution in [3.63, 3.8) is 0 Å². The molecule has 0 saturated carbocycles. The molecule has 2 rings (SSSR count). The van der Waals surface area contributed by atoms with Crippen molar-refractivity contribution in [1.29, 1.82) is 0 Å². The van der Waals surface area contributed by atoms with E-state index in [9.17, 15) is 21.6 Å². The minimum absolute atomic E-state index is 0. The summed E-state index contributed by atoms with van der Waals surface area (Å²) in [5.41, 5.74) is 0. The zero-order valence-corrected chi connectivity index (χ0v) is 19.0. The number of rotatable bonds is 4. The number of hydrogen-bond acceptors (Lipinski definition) is 4. The van der Waals surface area contributed by atoms with Crippen molar-refractivity contribution in [2.45, 2.75) is 25.6 Å². The molecule has 0 radical (unpaired) electrons. The van der Waals surface area contributed by atoms with Crippen LogP contribution < -0.4 is 5.32 Å². The summed E-state index contributed by atoms with van der Waals surface area (Å²) in [6, 6.07) is -1.44. The van der Waals surface area contributed by atoms with Crippen molar-refractivity contribution in [2.75, 3.05) is 59.1 Å². The lowest BCUT2D eigenvalue weighted by molar-refractivity contribution is -0.181. The third-order valence-corrected chi connectivity index (χ3v) is 6.38. The van der Waals surface area contributed by atoms with Crippen LogP contribution in [0.4, 0.5) is 13.2 Å². The Morgan fingerprint density at radius 3 is 2.26 bits per heavy atom. The summed E-state index contributed by atoms with van der Waals surface area (Å²) >= 11 is 0. The van der Waals surface area contributed by atoms with Gasteiger partial charge in [-0.3, -0.25) is 9.89 Å². The number of aliphatic imine (C=N–C) groups is 1. The predicted octanol–water partition coefficient (Wildman–Crippen LogP) is 1.03. The van der Waals surface area contributed by atoms with Gasteiger partial charge in [-0.05, 0) is 19.3 Å². The molecular formula is C15H29F3IN5O2S. The van der Waals surface area contributed by atoms with E-state index in [0.717, 1.165) is 6.42 Å². The molecule has 7 nitrogen and oxygen atoms in total. The van der Waals surface area contributed by atoms with E-state index in [1.165, 1.54) is 22.4 Å². The Balaban J connectivity index is 0.00000364. The van der Waals surface area contributed by atoms with Gasteiger partial charge in [0.15, 0.2) is 5.96 Å². The average molecular weight is 527 g/mol. The van der Waals surface area contributed by atoms with Crippen LogP contribution in [-0.2, 0) is 10.0 Å². The lowest BCUT2D eigenvalue weighted by Gasteiger charge is -2.39. The molecule has 0 aliphatic carbocycles. The minimum Gasteiger partial charge on any atom is -0.356 e. The molecule has 0 aromatic rings. The van der Waals surface area contributed by atoms with Gasteiger partial charge in [-0.15, -0.1) is 24.0 Å². The smallest absolute Gasteiger partial charge is 0.356 e. The second-order valence-corrected chi connectivity index (χ2v) is 8.93. The first-order valence-corrected chi connectivity index (χ1v) is 10.6. The molecule has 0 bridgehead atoms. The zero-order valence-electron chi connectivity index (χ0n) is 15.9. The van der Waals surface area contributed by atoms with E-state index >= 15 is 0 Å². The van der Waals surface area contributed by atoms with Crippen LogP contribution in [-0.4, -0.2) is 99.8 Å². The topological polar surface area (TPSA) is 68.2 Å². The van der Waals surface area contributed by atoms with E-state index in [-0.39, 0.29) is 29.9 Å². The van der Waals surface area contributed by atoms with Gasteiger partial charge in [-0.1, -0.05) is 0 Å². The number of halogens is 4. The van der Waals surface area contributed by atoms with E-state index in [1.54, 1.807) is 7.05 Å². The fourth-order valence-corrected chi connectivity index (χ4v) is 4.28. The van der Waals surface area contributed by atoms with Crippen LogP contribution in [0, 0.1) is 5.92 Å². The third kappa shape index (κ3) is 6.89. The summed E-state index contributed by atoms with van der Waals surface area (Å²) in [5, 5.41) is 3.24. The molecule has 0 aromatic heterocycles. The van der Waals surface area contributed by atoms with E-state index in [4.69, 9.17) is 0 Å². The number of sulfonamides is 1. The lowest BCUT2D eigenvalue weighted by Crippen LogP contribution is -2.57. The molecule has 2 unspecified atom stereocenters. The highest BCUT2D eigenvalue weighted by atomic mass is 127. The first kappa shape index (κ1) is 24.7. The van der Waals surface area contributed by atoms with E-state index < -0.39 is 22.2 Å². The SMILES string of the molecule is CN=C(NCC1CCN(S(C)(=O)=O)C1)N1CCN(C(C)C(F)(F)F)CC1.I. The summed E-state index contributed by atoms with van der Waals surface area (Å²) in [4.78, 5) is 7.60. The molecular weight excluding hydrogens is 498 g/mol. The van der Waals surface area contributed by atoms with E-state index in [1.807, 2.05) is 4.90 Å². The number of alkyl halides is 3. The van der Waals surface area contributed by atoms with Gasteiger partial charge in [0.2, 0.25) is 10.0 Å². The summed E-state index contributed by atoms with van der Waals surface area (Å²) in [7, 11) is -1.52. The van der Waals surface area contributed by atoms with Gasteiger partial charge in [0.25, 0.3) is 0 Å². The highest BCUT2D eigenvalue weighted by Crippen LogP contribution is 2.25. The van der Waals surface area contributed by atoms with Crippen molar-refractivity contribution in [3.8, 4) is 0 Å². The van der Waals surface area contributed by atoms with Crippen LogP contribution >= 0.6 is 24.0 Å². The first-order chi connectivity index (χ1) is 12.0. The standard InChI is InChI=1S/C15H28F3N5O2S.HI/c1-12(15(16,17)18)21-6-8-22(9-7-21)14(19-2)20-10-13-4-5-23(11-13)26(3,24)25;/h12-13H,4-11H2,1-3H3,(H,19,20);1H. The Bertz CT molecular complexity index is 609. The lowest BCUT2D eigenvalue weighted by atomic mass is 10.1. The highest BCUT2D eigenvalue weighted by molar-refractivity contribution is 14.0. The molecule has 160 valence electrons. The number of guanidine groups is 1. The molecule has 2 aliphatic rings. The summed E-state index contributed by atoms with van der Waals surface area (Å²) in [6.45, 7) is 4.39. The van der Waals surface area contributed by atoms with Gasteiger partial charge >= 0.3 is 6.18 Å². The monoisotopic (exact) mass is 527 g/mol. The molecule has 0 spiro atoms. The molecule has 12 heteroatoms. The van der Waals surface area contributed by atoms with E-state index in [0.29, 0.717) is 51.8 Å². The second-order valence-electron chi connectivity index (χ2n) is 6.94. The van der Waals surface area contributed by atoms with Crippen LogP contribution in [0.15, 0.2) is 4.99 Å². The van der Waals surface area contributed by atoms with Crippen molar-refractivity contribution in [2.24, 2.45) is 10.9 Å². The Hall–Kier alpha value is -0.340. The Kier molecular flexibility index (Phi) is 9.07. The average Bonchev–Trinajstić information content (AvgIpc) is 3.04. The molecule has 2 atom stereocenters. The minimum atomic E-state index is -4.21. The molecule has 27 heavy (non-hydrogen) atoms. The van der Waals surface area contributed by atoms with Crippen LogP contribution in [0.3, 0.4) is 0 Å². The molecule has 1 N–H and O–H groups in total. The molecule has 2 saturated heterocycles. The zero-order chi connectivity index (χ0) is 19.5. The predicted molar refractivity (Wildman–Crippen MR) is 110 cm³/mol. The van der Waals surface area contributed by atoms with Crippen molar-refractivity contribution < 1.29 is 21.6 Å². The molecule has 0 amide bonds. The van der Waals surface area contributed by atoms with Gasteiger partial charge in [0, 0.05) is 52.9 Å². The van der Waals surface area contributed by atoms with Gasteiger partial charge in [0.05, 0.1) is 6.26 Å². The number of nitrogens with zero attached hydrogens (tertiary/aromatic N) is 4. The summed E-state index contributed by atoms with van der Waals surface area (Å²) in [6.07, 6.45) is -2.22. The Morgan fingerprint density at radius 1 is 1.22 bits per heavy atom. The number of hydrogen-bond donors (Lipinski definition) is 1.